The Bertz CT molecular complexity index is 444. The molecule has 0 heterocycles. The van der Waals surface area contributed by atoms with E-state index in [-0.39, 0.29) is 0 Å². The molecule has 18 heavy (non-hydrogen) atoms. The number of carbonyl (C=O) groups is 1. The van der Waals surface area contributed by atoms with Crippen molar-refractivity contribution in [2.45, 2.75) is 19.8 Å². The summed E-state index contributed by atoms with van der Waals surface area (Å²) in [6.45, 7) is 2.72. The summed E-state index contributed by atoms with van der Waals surface area (Å²) < 4.78 is 16.5. The van der Waals surface area contributed by atoms with Gasteiger partial charge in [-0.05, 0) is 53.2 Å². The van der Waals surface area contributed by atoms with Gasteiger partial charge in [0.05, 0.1) is 6.61 Å². The number of hydrogen-bond donors (Lipinski definition) is 1. The number of amides is 1. The minimum Gasteiger partial charge on any atom is -0.494 e. The lowest BCUT2D eigenvalue weighted by Crippen LogP contribution is -2.16. The van der Waals surface area contributed by atoms with Gasteiger partial charge in [-0.15, -0.1) is 0 Å². The monoisotopic (exact) mass is 309 g/mol. The van der Waals surface area contributed by atoms with Crippen molar-refractivity contribution < 1.29 is 14.1 Å². The van der Waals surface area contributed by atoms with Gasteiger partial charge in [-0.2, -0.15) is 0 Å². The number of ether oxygens (including phenoxy) is 1. The number of carbonyl (C=O) groups excluding carboxylic acids is 1. The van der Waals surface area contributed by atoms with E-state index in [2.05, 4.69) is 6.92 Å². The largest absolute Gasteiger partial charge is 0.494 e. The normalized spacial score (nSPS) is 11.1. The molecule has 0 saturated heterocycles. The first-order valence-corrected chi connectivity index (χ1v) is 8.99. The van der Waals surface area contributed by atoms with Crippen molar-refractivity contribution in [3.63, 3.8) is 0 Å². The van der Waals surface area contributed by atoms with E-state index in [1.165, 1.54) is 0 Å². The lowest BCUT2D eigenvalue weighted by atomic mass is 10.2. The van der Waals surface area contributed by atoms with Crippen molar-refractivity contribution in [3.8, 4) is 5.75 Å². The van der Waals surface area contributed by atoms with Crippen molar-refractivity contribution in [2.75, 3.05) is 6.61 Å². The van der Waals surface area contributed by atoms with E-state index in [1.54, 1.807) is 24.3 Å². The summed E-state index contributed by atoms with van der Waals surface area (Å²) in [5.74, 6) is -3.51. The van der Waals surface area contributed by atoms with Crippen LogP contribution in [0.4, 0.5) is 0 Å². The number of nitrogens with one attached hydrogen (secondary N) is 1. The topological polar surface area (TPSA) is 55.4 Å². The molecule has 0 aliphatic carbocycles. The second kappa shape index (κ2) is 7.03. The molecule has 0 unspecified atom stereocenters. The summed E-state index contributed by atoms with van der Waals surface area (Å²) >= 11 is 10.5. The zero-order valence-corrected chi connectivity index (χ0v) is 12.3. The Hall–Kier alpha value is -0.700. The van der Waals surface area contributed by atoms with E-state index < -0.39 is 11.9 Å². The van der Waals surface area contributed by atoms with Gasteiger partial charge < -0.3 is 4.74 Å². The standard InChI is InChI=1S/C11H14Cl2NO3P/c1-2-3-8-17-10-6-4-9(5-7-10)11(15)14-18(12,13)16/h4-7H,2-3,8H2,1H3,(H,14,15,16). The molecule has 0 aliphatic heterocycles. The smallest absolute Gasteiger partial charge is 0.345 e. The molecule has 0 atom stereocenters. The van der Waals surface area contributed by atoms with Gasteiger partial charge in [-0.3, -0.25) is 14.4 Å². The molecule has 0 spiro atoms. The first kappa shape index (κ1) is 15.4. The highest BCUT2D eigenvalue weighted by atomic mass is 35.9. The number of benzene rings is 1. The van der Waals surface area contributed by atoms with E-state index in [0.29, 0.717) is 17.9 Å². The third kappa shape index (κ3) is 5.76. The van der Waals surface area contributed by atoms with Crippen LogP contribution < -0.4 is 9.82 Å². The summed E-state index contributed by atoms with van der Waals surface area (Å²) in [7, 11) is 0. The summed E-state index contributed by atoms with van der Waals surface area (Å²) in [5, 5.41) is 2.01. The molecule has 1 aromatic carbocycles. The number of halogens is 2. The lowest BCUT2D eigenvalue weighted by molar-refractivity contribution is 0.0982. The minimum absolute atomic E-state index is 0.319. The van der Waals surface area contributed by atoms with Crippen LogP contribution in [0.25, 0.3) is 0 Å². The summed E-state index contributed by atoms with van der Waals surface area (Å²) in [4.78, 5) is 11.5. The maximum absolute atomic E-state index is 11.5. The number of rotatable bonds is 6. The fraction of sp³-hybridized carbons (Fsp3) is 0.364. The summed E-state index contributed by atoms with van der Waals surface area (Å²) in [6, 6.07) is 6.44. The molecule has 0 saturated carbocycles. The van der Waals surface area contributed by atoms with E-state index >= 15 is 0 Å². The minimum atomic E-state index is -3.61. The molecule has 1 amide bonds. The van der Waals surface area contributed by atoms with Crippen molar-refractivity contribution in [2.24, 2.45) is 0 Å². The molecule has 0 aromatic heterocycles. The maximum Gasteiger partial charge on any atom is 0.345 e. The van der Waals surface area contributed by atoms with E-state index in [0.717, 1.165) is 12.8 Å². The Balaban J connectivity index is 2.59. The fourth-order valence-corrected chi connectivity index (χ4v) is 2.05. The van der Waals surface area contributed by atoms with Gasteiger partial charge in [0.25, 0.3) is 5.91 Å². The van der Waals surface area contributed by atoms with E-state index in [1.807, 2.05) is 5.09 Å². The van der Waals surface area contributed by atoms with Crippen LogP contribution in [-0.2, 0) is 4.57 Å². The fourth-order valence-electron chi connectivity index (χ4n) is 1.22. The van der Waals surface area contributed by atoms with Gasteiger partial charge in [0, 0.05) is 5.56 Å². The van der Waals surface area contributed by atoms with Gasteiger partial charge in [-0.1, -0.05) is 13.3 Å². The molecule has 4 nitrogen and oxygen atoms in total. The predicted molar refractivity (Wildman–Crippen MR) is 73.6 cm³/mol. The van der Waals surface area contributed by atoms with Crippen molar-refractivity contribution in [1.29, 1.82) is 0 Å². The molecule has 1 rings (SSSR count). The maximum atomic E-state index is 11.5. The summed E-state index contributed by atoms with van der Waals surface area (Å²) in [6.07, 6.45) is 2.03. The van der Waals surface area contributed by atoms with Crippen molar-refractivity contribution in [3.05, 3.63) is 29.8 Å². The van der Waals surface area contributed by atoms with Crippen LogP contribution in [0.5, 0.6) is 5.75 Å². The first-order valence-electron chi connectivity index (χ1n) is 5.47. The average Bonchev–Trinajstić information content (AvgIpc) is 2.28. The highest BCUT2D eigenvalue weighted by molar-refractivity contribution is 8.07. The molecule has 0 aliphatic rings. The molecule has 1 N–H and O–H groups in total. The molecular formula is C11H14Cl2NO3P. The second-order valence-corrected chi connectivity index (χ2v) is 8.15. The highest BCUT2D eigenvalue weighted by Crippen LogP contribution is 2.52. The Kier molecular flexibility index (Phi) is 6.00. The van der Waals surface area contributed by atoms with Crippen LogP contribution in [0.15, 0.2) is 24.3 Å². The Morgan fingerprint density at radius 2 is 1.94 bits per heavy atom. The molecule has 1 aromatic rings. The van der Waals surface area contributed by atoms with Crippen molar-refractivity contribution in [1.82, 2.24) is 5.09 Å². The van der Waals surface area contributed by atoms with Gasteiger partial charge in [-0.25, -0.2) is 0 Å². The Morgan fingerprint density at radius 1 is 1.33 bits per heavy atom. The average molecular weight is 310 g/mol. The SMILES string of the molecule is CCCCOc1ccc(C(=O)NP(=O)(Cl)Cl)cc1. The molecule has 100 valence electrons. The second-order valence-electron chi connectivity index (χ2n) is 3.63. The van der Waals surface area contributed by atoms with Gasteiger partial charge in [0.15, 0.2) is 0 Å². The first-order chi connectivity index (χ1) is 8.42. The van der Waals surface area contributed by atoms with Crippen LogP contribution >= 0.6 is 28.5 Å². The third-order valence-corrected chi connectivity index (χ3v) is 3.09. The van der Waals surface area contributed by atoms with Crippen LogP contribution in [0.2, 0.25) is 0 Å². The quantitative estimate of drug-likeness (QED) is 0.633. The number of hydrogen-bond acceptors (Lipinski definition) is 3. The number of unbranched alkanes of at least 4 members (excludes halogenated alkanes) is 1. The predicted octanol–water partition coefficient (Wildman–Crippen LogP) is 4.18. The Morgan fingerprint density at radius 3 is 2.44 bits per heavy atom. The summed E-state index contributed by atoms with van der Waals surface area (Å²) in [5.41, 5.74) is 0.319. The van der Waals surface area contributed by atoms with Gasteiger partial charge in [0.1, 0.15) is 5.75 Å². The Labute approximate surface area is 116 Å². The molecule has 0 bridgehead atoms. The zero-order valence-electron chi connectivity index (χ0n) is 9.86. The molecular weight excluding hydrogens is 296 g/mol. The molecule has 0 fully saturated rings. The van der Waals surface area contributed by atoms with Crippen LogP contribution in [0.1, 0.15) is 30.1 Å². The van der Waals surface area contributed by atoms with Crippen LogP contribution in [0, 0.1) is 0 Å². The van der Waals surface area contributed by atoms with Crippen molar-refractivity contribution >= 4 is 34.4 Å². The van der Waals surface area contributed by atoms with E-state index in [9.17, 15) is 9.36 Å². The third-order valence-electron chi connectivity index (χ3n) is 2.11. The van der Waals surface area contributed by atoms with Gasteiger partial charge >= 0.3 is 6.00 Å². The van der Waals surface area contributed by atoms with Crippen LogP contribution in [-0.4, -0.2) is 12.5 Å². The zero-order chi connectivity index (χ0) is 13.6. The highest BCUT2D eigenvalue weighted by Gasteiger charge is 2.18. The van der Waals surface area contributed by atoms with E-state index in [4.69, 9.17) is 27.2 Å². The van der Waals surface area contributed by atoms with Crippen LogP contribution in [0.3, 0.4) is 0 Å². The molecule has 7 heteroatoms. The van der Waals surface area contributed by atoms with Gasteiger partial charge in [0.2, 0.25) is 0 Å². The lowest BCUT2D eigenvalue weighted by Gasteiger charge is -2.07. The molecule has 0 radical (unpaired) electrons.